The van der Waals surface area contributed by atoms with Crippen LogP contribution in [0.5, 0.6) is 0 Å². The maximum Gasteiger partial charge on any atom is 0.164 e. The molecule has 0 unspecified atom stereocenters. The van der Waals surface area contributed by atoms with Gasteiger partial charge in [-0.05, 0) is 36.3 Å². The van der Waals surface area contributed by atoms with Crippen LogP contribution in [0.15, 0.2) is 51.7 Å². The Hall–Kier alpha value is -1.21. The van der Waals surface area contributed by atoms with Gasteiger partial charge in [-0.2, -0.15) is 0 Å². The lowest BCUT2D eigenvalue weighted by molar-refractivity contribution is -0.156. The Morgan fingerprint density at radius 2 is 1.97 bits per heavy atom. The van der Waals surface area contributed by atoms with Crippen LogP contribution < -0.4 is 0 Å². The van der Waals surface area contributed by atoms with E-state index in [-0.39, 0.29) is 34.5 Å². The van der Waals surface area contributed by atoms with E-state index in [0.717, 1.165) is 12.8 Å². The summed E-state index contributed by atoms with van der Waals surface area (Å²) in [4.78, 5) is 0.644. The Morgan fingerprint density at radius 3 is 2.59 bits per heavy atom. The molecule has 0 spiro atoms. The molecule has 2 aliphatic carbocycles. The molecule has 160 valence electrons. The van der Waals surface area contributed by atoms with Gasteiger partial charge in [-0.3, -0.25) is 0 Å². The summed E-state index contributed by atoms with van der Waals surface area (Å²) < 4.78 is 30.2. The molecule has 5 nitrogen and oxygen atoms in total. The van der Waals surface area contributed by atoms with Crippen molar-refractivity contribution in [3.8, 4) is 0 Å². The lowest BCUT2D eigenvalue weighted by Crippen LogP contribution is -2.61. The second-order valence-electron chi connectivity index (χ2n) is 9.71. The minimum absolute atomic E-state index is 0.0123. The lowest BCUT2D eigenvalue weighted by atomic mass is 9.48. The number of aliphatic hydroxyl groups is 1. The van der Waals surface area contributed by atoms with E-state index < -0.39 is 21.6 Å². The summed E-state index contributed by atoms with van der Waals surface area (Å²) in [6, 6.07) is 9.24. The first-order valence-electron chi connectivity index (χ1n) is 10.4. The van der Waals surface area contributed by atoms with E-state index >= 15 is 0 Å². The van der Waals surface area contributed by atoms with Crippen LogP contribution in [0, 0.1) is 22.7 Å². The average Bonchev–Trinajstić information content (AvgIpc) is 3.00. The highest BCUT2D eigenvalue weighted by atomic mass is 32.2. The molecule has 3 aliphatic rings. The molecule has 1 aliphatic heterocycles. The van der Waals surface area contributed by atoms with Crippen molar-refractivity contribution in [1.29, 1.82) is 0 Å². The van der Waals surface area contributed by atoms with Crippen molar-refractivity contribution in [3.05, 3.63) is 42.5 Å². The van der Waals surface area contributed by atoms with Crippen molar-refractivity contribution < 1.29 is 18.8 Å². The van der Waals surface area contributed by atoms with Gasteiger partial charge in [0.2, 0.25) is 0 Å². The van der Waals surface area contributed by atoms with Crippen molar-refractivity contribution in [1.82, 2.24) is 0 Å². The van der Waals surface area contributed by atoms with Crippen LogP contribution in [-0.2, 0) is 19.2 Å². The average molecular weight is 420 g/mol. The number of hydrogen-bond acceptors (Lipinski definition) is 5. The summed E-state index contributed by atoms with van der Waals surface area (Å²) >= 11 is 0. The lowest BCUT2D eigenvalue weighted by Gasteiger charge is -2.57. The van der Waals surface area contributed by atoms with E-state index in [2.05, 4.69) is 31.2 Å². The summed E-state index contributed by atoms with van der Waals surface area (Å²) in [7, 11) is 0.398. The second-order valence-corrected chi connectivity index (χ2v) is 12.1. The SMILES string of the molecule is CN=[S@](=O)(C[C@]1(O)C=C[C@@H]2C(C)(C)CC[C@H]3O[C@H](OC)[C@@H]1[C@@]23C)c1ccccc1. The van der Waals surface area contributed by atoms with Gasteiger partial charge in [0, 0.05) is 24.5 Å². The fraction of sp³-hybridized carbons (Fsp3) is 0.652. The Balaban J connectivity index is 1.83. The first kappa shape index (κ1) is 21.0. The van der Waals surface area contributed by atoms with Gasteiger partial charge in [0.15, 0.2) is 6.29 Å². The van der Waals surface area contributed by atoms with Crippen LogP contribution in [0.25, 0.3) is 0 Å². The molecule has 0 bridgehead atoms. The molecule has 1 heterocycles. The molecule has 2 fully saturated rings. The fourth-order valence-electron chi connectivity index (χ4n) is 6.29. The zero-order valence-corrected chi connectivity index (χ0v) is 18.8. The minimum Gasteiger partial charge on any atom is -0.384 e. The topological polar surface area (TPSA) is 68.1 Å². The normalized spacial score (nSPS) is 42.1. The van der Waals surface area contributed by atoms with Crippen LogP contribution in [0.1, 0.15) is 33.6 Å². The second kappa shape index (κ2) is 6.91. The van der Waals surface area contributed by atoms with Crippen LogP contribution in [0.2, 0.25) is 0 Å². The zero-order valence-electron chi connectivity index (χ0n) is 18.0. The number of ether oxygens (including phenoxy) is 2. The number of methoxy groups -OCH3 is 1. The molecule has 0 radical (unpaired) electrons. The monoisotopic (exact) mass is 419 g/mol. The van der Waals surface area contributed by atoms with E-state index in [1.54, 1.807) is 14.2 Å². The molecular weight excluding hydrogens is 386 g/mol. The molecule has 1 aromatic carbocycles. The van der Waals surface area contributed by atoms with Crippen LogP contribution >= 0.6 is 0 Å². The third-order valence-corrected chi connectivity index (χ3v) is 10.1. The summed E-state index contributed by atoms with van der Waals surface area (Å²) in [6.07, 6.45) is 5.49. The van der Waals surface area contributed by atoms with Gasteiger partial charge in [0.25, 0.3) is 0 Å². The maximum absolute atomic E-state index is 13.8. The maximum atomic E-state index is 13.8. The molecule has 0 aromatic heterocycles. The summed E-state index contributed by atoms with van der Waals surface area (Å²) in [5, 5.41) is 12.0. The van der Waals surface area contributed by atoms with Gasteiger partial charge in [0.05, 0.1) is 27.5 Å². The fourth-order valence-corrected chi connectivity index (χ4v) is 8.28. The van der Waals surface area contributed by atoms with Gasteiger partial charge in [-0.15, -0.1) is 0 Å². The van der Waals surface area contributed by atoms with E-state index in [0.29, 0.717) is 4.90 Å². The van der Waals surface area contributed by atoms with Crippen molar-refractivity contribution >= 4 is 9.73 Å². The third kappa shape index (κ3) is 3.02. The van der Waals surface area contributed by atoms with Crippen molar-refractivity contribution in [3.63, 3.8) is 0 Å². The molecule has 6 heteroatoms. The molecule has 1 saturated carbocycles. The first-order valence-corrected chi connectivity index (χ1v) is 12.1. The van der Waals surface area contributed by atoms with Crippen molar-refractivity contribution in [2.24, 2.45) is 27.0 Å². The third-order valence-electron chi connectivity index (χ3n) is 7.68. The van der Waals surface area contributed by atoms with Gasteiger partial charge >= 0.3 is 0 Å². The quantitative estimate of drug-likeness (QED) is 0.752. The Morgan fingerprint density at radius 1 is 1.28 bits per heavy atom. The van der Waals surface area contributed by atoms with Gasteiger partial charge in [0.1, 0.15) is 5.60 Å². The molecule has 1 aromatic rings. The predicted molar refractivity (Wildman–Crippen MR) is 114 cm³/mol. The van der Waals surface area contributed by atoms with Gasteiger partial charge in [-0.25, -0.2) is 8.57 Å². The highest BCUT2D eigenvalue weighted by molar-refractivity contribution is 7.93. The summed E-state index contributed by atoms with van der Waals surface area (Å²) in [5.41, 5.74) is -1.53. The van der Waals surface area contributed by atoms with Crippen molar-refractivity contribution in [2.75, 3.05) is 19.9 Å². The van der Waals surface area contributed by atoms with Crippen LogP contribution in [0.4, 0.5) is 0 Å². The molecule has 7 atom stereocenters. The van der Waals surface area contributed by atoms with Gasteiger partial charge in [-0.1, -0.05) is 51.1 Å². The number of benzene rings is 1. The number of rotatable bonds is 4. The van der Waals surface area contributed by atoms with Crippen molar-refractivity contribution in [2.45, 2.75) is 56.5 Å². The van der Waals surface area contributed by atoms with E-state index in [9.17, 15) is 9.32 Å². The van der Waals surface area contributed by atoms with E-state index in [1.165, 1.54) is 0 Å². The van der Waals surface area contributed by atoms with E-state index in [1.807, 2.05) is 36.4 Å². The highest BCUT2D eigenvalue weighted by Crippen LogP contribution is 2.65. The molecule has 0 amide bonds. The summed E-state index contributed by atoms with van der Waals surface area (Å²) in [6.45, 7) is 6.80. The molecule has 1 N–H and O–H groups in total. The number of allylic oxidation sites excluding steroid dienone is 1. The first-order chi connectivity index (χ1) is 13.6. The Bertz CT molecular complexity index is 920. The molecular formula is C23H33NO4S. The number of nitrogens with zero attached hydrogens (tertiary/aromatic N) is 1. The summed E-state index contributed by atoms with van der Waals surface area (Å²) in [5.74, 6) is -0.0308. The van der Waals surface area contributed by atoms with Gasteiger partial charge < -0.3 is 14.6 Å². The molecule has 4 rings (SSSR count). The van der Waals surface area contributed by atoms with Crippen LogP contribution in [-0.4, -0.2) is 47.2 Å². The standard InChI is InChI=1S/C23H33NO4S/c1-21(2)13-12-18-22(3)17(21)11-14-23(25,19(22)20(27-5)28-18)15-29(26,24-4)16-9-7-6-8-10-16/h6-11,14,17-20,25H,12-13,15H2,1-5H3/t17-,18-,19-,20+,22+,23-,29+/m1/s1. The smallest absolute Gasteiger partial charge is 0.164 e. The van der Waals surface area contributed by atoms with Crippen LogP contribution in [0.3, 0.4) is 0 Å². The predicted octanol–water partition coefficient (Wildman–Crippen LogP) is 3.87. The van der Waals surface area contributed by atoms with E-state index in [4.69, 9.17) is 9.47 Å². The zero-order chi connectivity index (χ0) is 21.1. The molecule has 1 saturated heterocycles. The largest absolute Gasteiger partial charge is 0.384 e. The Labute approximate surface area is 174 Å². The Kier molecular flexibility index (Phi) is 5.01. The molecule has 29 heavy (non-hydrogen) atoms. The highest BCUT2D eigenvalue weighted by Gasteiger charge is 2.68. The minimum atomic E-state index is -2.80. The number of hydrogen-bond donors (Lipinski definition) is 1.